The zero-order chi connectivity index (χ0) is 14.7. The molecule has 2 heterocycles. The van der Waals surface area contributed by atoms with Gasteiger partial charge in [-0.3, -0.25) is 0 Å². The molecule has 3 nitrogen and oxygen atoms in total. The van der Waals surface area contributed by atoms with Crippen molar-refractivity contribution in [2.75, 3.05) is 13.1 Å². The van der Waals surface area contributed by atoms with Crippen molar-refractivity contribution >= 4 is 0 Å². The number of benzene rings is 1. The fraction of sp³-hybridized carbons (Fsp3) is 0.312. The maximum Gasteiger partial charge on any atom is 0.219 e. The summed E-state index contributed by atoms with van der Waals surface area (Å²) in [4.78, 5) is 3.62. The Bertz CT molecular complexity index is 580. The van der Waals surface area contributed by atoms with Gasteiger partial charge in [-0.2, -0.15) is 9.37 Å². The second-order valence-corrected chi connectivity index (χ2v) is 5.15. The highest BCUT2D eigenvalue weighted by Crippen LogP contribution is 2.31. The topological polar surface area (TPSA) is 34.1 Å². The summed E-state index contributed by atoms with van der Waals surface area (Å²) in [6, 6.07) is 11.5. The summed E-state index contributed by atoms with van der Waals surface area (Å²) in [5.74, 6) is -1.33. The fourth-order valence-electron chi connectivity index (χ4n) is 2.65. The van der Waals surface area contributed by atoms with E-state index in [2.05, 4.69) is 10.3 Å². The Morgan fingerprint density at radius 3 is 2.67 bits per heavy atom. The quantitative estimate of drug-likeness (QED) is 0.879. The molecule has 21 heavy (non-hydrogen) atoms. The summed E-state index contributed by atoms with van der Waals surface area (Å²) in [5.41, 5.74) is 0.984. The highest BCUT2D eigenvalue weighted by atomic mass is 19.1. The smallest absolute Gasteiger partial charge is 0.219 e. The highest BCUT2D eigenvalue weighted by Gasteiger charge is 2.28. The number of hydrogen-bond donors (Lipinski definition) is 1. The molecule has 0 amide bonds. The van der Waals surface area contributed by atoms with Crippen LogP contribution in [0.15, 0.2) is 42.5 Å². The standard InChI is InChI=1S/C16H16F2N2O/c17-13-8-14(18)20-15(9-13)21-16(12-6-7-19-10-12)11-4-2-1-3-5-11/h1-5,8-9,12,16,19H,6-7,10H2/t12?,16-/m1/s1. The van der Waals surface area contributed by atoms with E-state index < -0.39 is 11.8 Å². The number of pyridine rings is 1. The Labute approximate surface area is 122 Å². The molecule has 1 fully saturated rings. The average molecular weight is 290 g/mol. The zero-order valence-corrected chi connectivity index (χ0v) is 11.4. The third-order valence-electron chi connectivity index (χ3n) is 3.64. The highest BCUT2D eigenvalue weighted by molar-refractivity contribution is 5.21. The van der Waals surface area contributed by atoms with Gasteiger partial charge in [0, 0.05) is 24.6 Å². The SMILES string of the molecule is Fc1cc(F)nc(O[C@H](c2ccccc2)C2CCNC2)c1. The third-order valence-corrected chi connectivity index (χ3v) is 3.64. The monoisotopic (exact) mass is 290 g/mol. The van der Waals surface area contributed by atoms with Gasteiger partial charge >= 0.3 is 0 Å². The van der Waals surface area contributed by atoms with Gasteiger partial charge in [-0.05, 0) is 18.5 Å². The molecule has 1 aromatic carbocycles. The van der Waals surface area contributed by atoms with Crippen LogP contribution in [-0.4, -0.2) is 18.1 Å². The van der Waals surface area contributed by atoms with E-state index in [1.165, 1.54) is 0 Å². The van der Waals surface area contributed by atoms with Gasteiger partial charge in [-0.1, -0.05) is 30.3 Å². The van der Waals surface area contributed by atoms with Crippen LogP contribution >= 0.6 is 0 Å². The summed E-state index contributed by atoms with van der Waals surface area (Å²) in [5, 5.41) is 3.28. The minimum atomic E-state index is -0.874. The maximum absolute atomic E-state index is 13.3. The van der Waals surface area contributed by atoms with Gasteiger partial charge in [0.15, 0.2) is 0 Å². The molecular weight excluding hydrogens is 274 g/mol. The van der Waals surface area contributed by atoms with Crippen molar-refractivity contribution in [2.45, 2.75) is 12.5 Å². The van der Waals surface area contributed by atoms with E-state index in [0.717, 1.165) is 37.2 Å². The van der Waals surface area contributed by atoms with Crippen LogP contribution in [0.25, 0.3) is 0 Å². The third kappa shape index (κ3) is 3.36. The number of aromatic nitrogens is 1. The van der Waals surface area contributed by atoms with Crippen LogP contribution in [-0.2, 0) is 0 Å². The summed E-state index contributed by atoms with van der Waals surface area (Å²) < 4.78 is 32.3. The van der Waals surface area contributed by atoms with E-state index in [9.17, 15) is 8.78 Å². The summed E-state index contributed by atoms with van der Waals surface area (Å²) in [6.07, 6.45) is 0.687. The van der Waals surface area contributed by atoms with E-state index in [4.69, 9.17) is 4.74 Å². The summed E-state index contributed by atoms with van der Waals surface area (Å²) in [7, 11) is 0. The molecular formula is C16H16F2N2O. The van der Waals surface area contributed by atoms with Gasteiger partial charge in [0.05, 0.1) is 0 Å². The lowest BCUT2D eigenvalue weighted by Gasteiger charge is -2.24. The molecule has 1 saturated heterocycles. The molecule has 0 aliphatic carbocycles. The average Bonchev–Trinajstić information content (AvgIpc) is 2.98. The van der Waals surface area contributed by atoms with Crippen LogP contribution in [0.3, 0.4) is 0 Å². The van der Waals surface area contributed by atoms with Crippen LogP contribution in [0.2, 0.25) is 0 Å². The van der Waals surface area contributed by atoms with Crippen LogP contribution in [0, 0.1) is 17.7 Å². The Morgan fingerprint density at radius 1 is 1.19 bits per heavy atom. The Morgan fingerprint density at radius 2 is 2.00 bits per heavy atom. The predicted molar refractivity (Wildman–Crippen MR) is 74.9 cm³/mol. The minimum absolute atomic E-state index is 0.0201. The number of rotatable bonds is 4. The molecule has 3 rings (SSSR count). The van der Waals surface area contributed by atoms with E-state index >= 15 is 0 Å². The van der Waals surface area contributed by atoms with Crippen molar-refractivity contribution in [3.05, 3.63) is 59.8 Å². The minimum Gasteiger partial charge on any atom is -0.469 e. The number of nitrogens with one attached hydrogen (secondary N) is 1. The summed E-state index contributed by atoms with van der Waals surface area (Å²) in [6.45, 7) is 1.74. The number of halogens is 2. The number of nitrogens with zero attached hydrogens (tertiary/aromatic N) is 1. The van der Waals surface area contributed by atoms with Crippen LogP contribution < -0.4 is 10.1 Å². The van der Waals surface area contributed by atoms with Crippen molar-refractivity contribution in [3.63, 3.8) is 0 Å². The first kappa shape index (κ1) is 13.9. The largest absolute Gasteiger partial charge is 0.469 e. The molecule has 1 N–H and O–H groups in total. The Balaban J connectivity index is 1.88. The van der Waals surface area contributed by atoms with Gasteiger partial charge in [0.2, 0.25) is 11.8 Å². The molecule has 0 bridgehead atoms. The van der Waals surface area contributed by atoms with Gasteiger partial charge in [0.1, 0.15) is 11.9 Å². The lowest BCUT2D eigenvalue weighted by Crippen LogP contribution is -2.22. The van der Waals surface area contributed by atoms with Crippen LogP contribution in [0.1, 0.15) is 18.1 Å². The van der Waals surface area contributed by atoms with Crippen molar-refractivity contribution in [1.82, 2.24) is 10.3 Å². The molecule has 1 aliphatic rings. The molecule has 1 aliphatic heterocycles. The van der Waals surface area contributed by atoms with Crippen LogP contribution in [0.5, 0.6) is 5.88 Å². The first-order chi connectivity index (χ1) is 10.2. The second-order valence-electron chi connectivity index (χ2n) is 5.15. The normalized spacial score (nSPS) is 19.4. The molecule has 1 unspecified atom stereocenters. The number of hydrogen-bond acceptors (Lipinski definition) is 3. The lowest BCUT2D eigenvalue weighted by atomic mass is 9.95. The number of ether oxygens (including phenoxy) is 1. The molecule has 110 valence electrons. The van der Waals surface area contributed by atoms with E-state index in [0.29, 0.717) is 0 Å². The first-order valence-electron chi connectivity index (χ1n) is 6.98. The molecule has 1 aromatic heterocycles. The van der Waals surface area contributed by atoms with E-state index in [-0.39, 0.29) is 17.9 Å². The lowest BCUT2D eigenvalue weighted by molar-refractivity contribution is 0.136. The zero-order valence-electron chi connectivity index (χ0n) is 11.4. The van der Waals surface area contributed by atoms with Crippen LogP contribution in [0.4, 0.5) is 8.78 Å². The molecule has 0 saturated carbocycles. The van der Waals surface area contributed by atoms with Crippen molar-refractivity contribution in [1.29, 1.82) is 0 Å². The maximum atomic E-state index is 13.3. The molecule has 5 heteroatoms. The summed E-state index contributed by atoms with van der Waals surface area (Å²) >= 11 is 0. The Hall–Kier alpha value is -2.01. The van der Waals surface area contributed by atoms with Gasteiger partial charge < -0.3 is 10.1 Å². The molecule has 0 spiro atoms. The van der Waals surface area contributed by atoms with Crippen molar-refractivity contribution < 1.29 is 13.5 Å². The molecule has 2 atom stereocenters. The van der Waals surface area contributed by atoms with E-state index in [1.807, 2.05) is 30.3 Å². The van der Waals surface area contributed by atoms with Crippen molar-refractivity contribution in [2.24, 2.45) is 5.92 Å². The van der Waals surface area contributed by atoms with Gasteiger partial charge in [-0.25, -0.2) is 4.39 Å². The molecule has 2 aromatic rings. The van der Waals surface area contributed by atoms with Gasteiger partial charge in [-0.15, -0.1) is 0 Å². The van der Waals surface area contributed by atoms with E-state index in [1.54, 1.807) is 0 Å². The van der Waals surface area contributed by atoms with Gasteiger partial charge in [0.25, 0.3) is 0 Å². The second kappa shape index (κ2) is 6.18. The van der Waals surface area contributed by atoms with Crippen molar-refractivity contribution in [3.8, 4) is 5.88 Å². The molecule has 0 radical (unpaired) electrons. The first-order valence-corrected chi connectivity index (χ1v) is 6.98. The predicted octanol–water partition coefficient (Wildman–Crippen LogP) is 3.09. The Kier molecular flexibility index (Phi) is 4.10. The fourth-order valence-corrected chi connectivity index (χ4v) is 2.65.